The fourth-order valence-corrected chi connectivity index (χ4v) is 2.64. The molecule has 0 atom stereocenters. The summed E-state index contributed by atoms with van der Waals surface area (Å²) in [5.41, 5.74) is 3.10. The Morgan fingerprint density at radius 3 is 2.56 bits per heavy atom. The number of imidazole rings is 1. The topological polar surface area (TPSA) is 38.1 Å². The second-order valence-corrected chi connectivity index (χ2v) is 6.24. The Morgan fingerprint density at radius 2 is 1.88 bits per heavy atom. The summed E-state index contributed by atoms with van der Waals surface area (Å²) in [6.45, 7) is 4.23. The van der Waals surface area contributed by atoms with Gasteiger partial charge in [0, 0.05) is 18.4 Å². The molecule has 3 aromatic rings. The van der Waals surface area contributed by atoms with Crippen LogP contribution in [0.1, 0.15) is 35.8 Å². The first-order chi connectivity index (χ1) is 12.0. The Morgan fingerprint density at radius 1 is 1.16 bits per heavy atom. The Balaban J connectivity index is 1.93. The maximum atomic E-state index is 13.1. The molecule has 0 spiro atoms. The Bertz CT molecular complexity index is 884. The van der Waals surface area contributed by atoms with E-state index in [-0.39, 0.29) is 11.7 Å². The van der Waals surface area contributed by atoms with Crippen LogP contribution < -0.4 is 4.90 Å². The highest BCUT2D eigenvalue weighted by Gasteiger charge is 2.19. The van der Waals surface area contributed by atoms with Gasteiger partial charge in [-0.05, 0) is 47.9 Å². The van der Waals surface area contributed by atoms with Crippen molar-refractivity contribution in [3.63, 3.8) is 0 Å². The fraction of sp³-hybridized carbons (Fsp3) is 0.200. The third-order valence-corrected chi connectivity index (χ3v) is 4.19. The molecule has 25 heavy (non-hydrogen) atoms. The Hall–Kier alpha value is -2.95. The van der Waals surface area contributed by atoms with Crippen molar-refractivity contribution in [2.75, 3.05) is 11.9 Å². The number of benzene rings is 2. The molecular formula is C20H20FN3O. The van der Waals surface area contributed by atoms with Crippen molar-refractivity contribution >= 4 is 11.6 Å². The molecule has 0 aliphatic heterocycles. The van der Waals surface area contributed by atoms with Crippen LogP contribution in [-0.2, 0) is 0 Å². The van der Waals surface area contributed by atoms with Crippen molar-refractivity contribution in [1.82, 2.24) is 9.55 Å². The fourth-order valence-electron chi connectivity index (χ4n) is 2.64. The van der Waals surface area contributed by atoms with Crippen LogP contribution in [-0.4, -0.2) is 22.5 Å². The largest absolute Gasteiger partial charge is 0.310 e. The summed E-state index contributed by atoms with van der Waals surface area (Å²) in [6.07, 6.45) is 3.08. The molecule has 0 unspecified atom stereocenters. The molecule has 0 radical (unpaired) electrons. The van der Waals surface area contributed by atoms with Crippen molar-refractivity contribution in [3.8, 4) is 5.69 Å². The van der Waals surface area contributed by atoms with Gasteiger partial charge in [-0.25, -0.2) is 9.37 Å². The van der Waals surface area contributed by atoms with E-state index in [9.17, 15) is 9.18 Å². The first-order valence-electron chi connectivity index (χ1n) is 8.13. The lowest BCUT2D eigenvalue weighted by molar-refractivity contribution is 0.0986. The second-order valence-electron chi connectivity index (χ2n) is 6.24. The van der Waals surface area contributed by atoms with Gasteiger partial charge < -0.3 is 4.90 Å². The van der Waals surface area contributed by atoms with Gasteiger partial charge in [-0.15, -0.1) is 0 Å². The summed E-state index contributed by atoms with van der Waals surface area (Å²) >= 11 is 0. The maximum Gasteiger partial charge on any atom is 0.276 e. The summed E-state index contributed by atoms with van der Waals surface area (Å²) < 4.78 is 14.8. The van der Waals surface area contributed by atoms with Gasteiger partial charge in [0.2, 0.25) is 0 Å². The lowest BCUT2D eigenvalue weighted by Crippen LogP contribution is -2.28. The SMILES string of the molecule is CC(C)c1cccc(N(C)C(=O)c2cncn2-c2ccc(F)cc2)c1. The van der Waals surface area contributed by atoms with E-state index in [1.165, 1.54) is 23.9 Å². The van der Waals surface area contributed by atoms with Crippen molar-refractivity contribution in [1.29, 1.82) is 0 Å². The highest BCUT2D eigenvalue weighted by atomic mass is 19.1. The van der Waals surface area contributed by atoms with E-state index in [2.05, 4.69) is 24.9 Å². The lowest BCUT2D eigenvalue weighted by atomic mass is 10.0. The minimum absolute atomic E-state index is 0.178. The maximum absolute atomic E-state index is 13.1. The minimum atomic E-state index is -0.320. The molecular weight excluding hydrogens is 317 g/mol. The summed E-state index contributed by atoms with van der Waals surface area (Å²) in [6, 6.07) is 13.9. The number of nitrogens with zero attached hydrogens (tertiary/aromatic N) is 3. The predicted octanol–water partition coefficient (Wildman–Crippen LogP) is 4.41. The number of halogens is 1. The number of carbonyl (C=O) groups excluding carboxylic acids is 1. The van der Waals surface area contributed by atoms with E-state index in [1.807, 2.05) is 18.2 Å². The summed E-state index contributed by atoms with van der Waals surface area (Å²) in [5, 5.41) is 0. The molecule has 2 aromatic carbocycles. The number of aromatic nitrogens is 2. The van der Waals surface area contributed by atoms with Gasteiger partial charge in [-0.2, -0.15) is 0 Å². The Labute approximate surface area is 146 Å². The number of hydrogen-bond acceptors (Lipinski definition) is 2. The molecule has 1 aromatic heterocycles. The zero-order valence-corrected chi connectivity index (χ0v) is 14.5. The quantitative estimate of drug-likeness (QED) is 0.707. The zero-order chi connectivity index (χ0) is 18.0. The van der Waals surface area contributed by atoms with Crippen LogP contribution >= 0.6 is 0 Å². The van der Waals surface area contributed by atoms with Crippen LogP contribution in [0.4, 0.5) is 10.1 Å². The van der Waals surface area contributed by atoms with Crippen LogP contribution in [0, 0.1) is 5.82 Å². The number of carbonyl (C=O) groups is 1. The first-order valence-corrected chi connectivity index (χ1v) is 8.13. The van der Waals surface area contributed by atoms with Gasteiger partial charge in [0.25, 0.3) is 5.91 Å². The second kappa shape index (κ2) is 6.89. The van der Waals surface area contributed by atoms with Gasteiger partial charge in [-0.3, -0.25) is 9.36 Å². The number of amides is 1. The molecule has 1 heterocycles. The molecule has 0 saturated heterocycles. The molecule has 1 amide bonds. The number of anilines is 1. The summed E-state index contributed by atoms with van der Waals surface area (Å²) in [5.74, 6) is -0.115. The van der Waals surface area contributed by atoms with Crippen LogP contribution in [0.2, 0.25) is 0 Å². The van der Waals surface area contributed by atoms with Crippen LogP contribution in [0.3, 0.4) is 0 Å². The normalized spacial score (nSPS) is 10.9. The molecule has 5 heteroatoms. The van der Waals surface area contributed by atoms with Crippen LogP contribution in [0.25, 0.3) is 5.69 Å². The van der Waals surface area contributed by atoms with Crippen molar-refractivity contribution in [3.05, 3.63) is 78.1 Å². The van der Waals surface area contributed by atoms with Crippen molar-refractivity contribution < 1.29 is 9.18 Å². The molecule has 0 saturated carbocycles. The molecule has 128 valence electrons. The van der Waals surface area contributed by atoms with Crippen LogP contribution in [0.15, 0.2) is 61.1 Å². The zero-order valence-electron chi connectivity index (χ0n) is 14.5. The monoisotopic (exact) mass is 337 g/mol. The molecule has 4 nitrogen and oxygen atoms in total. The summed E-state index contributed by atoms with van der Waals surface area (Å²) in [7, 11) is 1.74. The standard InChI is InChI=1S/C20H20FN3O/c1-14(2)15-5-4-6-18(11-15)23(3)20(25)19-12-22-13-24(19)17-9-7-16(21)8-10-17/h4-14H,1-3H3. The van der Waals surface area contributed by atoms with Gasteiger partial charge >= 0.3 is 0 Å². The van der Waals surface area contributed by atoms with E-state index in [0.29, 0.717) is 17.3 Å². The number of rotatable bonds is 4. The van der Waals surface area contributed by atoms with Gasteiger partial charge in [0.15, 0.2) is 0 Å². The number of hydrogen-bond donors (Lipinski definition) is 0. The van der Waals surface area contributed by atoms with E-state index < -0.39 is 0 Å². The minimum Gasteiger partial charge on any atom is -0.310 e. The van der Waals surface area contributed by atoms with E-state index in [1.54, 1.807) is 35.0 Å². The highest BCUT2D eigenvalue weighted by Crippen LogP contribution is 2.23. The lowest BCUT2D eigenvalue weighted by Gasteiger charge is -2.19. The van der Waals surface area contributed by atoms with E-state index in [4.69, 9.17) is 0 Å². The van der Waals surface area contributed by atoms with Crippen molar-refractivity contribution in [2.45, 2.75) is 19.8 Å². The van der Waals surface area contributed by atoms with Crippen LogP contribution in [0.5, 0.6) is 0 Å². The summed E-state index contributed by atoms with van der Waals surface area (Å²) in [4.78, 5) is 18.6. The molecule has 0 bridgehead atoms. The van der Waals surface area contributed by atoms with E-state index >= 15 is 0 Å². The highest BCUT2D eigenvalue weighted by molar-refractivity contribution is 6.04. The third kappa shape index (κ3) is 3.45. The smallest absolute Gasteiger partial charge is 0.276 e. The molecule has 3 rings (SSSR count). The predicted molar refractivity (Wildman–Crippen MR) is 96.8 cm³/mol. The molecule has 0 N–H and O–H groups in total. The average Bonchev–Trinajstić information content (AvgIpc) is 3.11. The van der Waals surface area contributed by atoms with E-state index in [0.717, 1.165) is 5.69 Å². The van der Waals surface area contributed by atoms with Crippen molar-refractivity contribution in [2.24, 2.45) is 0 Å². The molecule has 0 aliphatic carbocycles. The van der Waals surface area contributed by atoms with Gasteiger partial charge in [0.1, 0.15) is 11.5 Å². The van der Waals surface area contributed by atoms with Gasteiger partial charge in [0.05, 0.1) is 12.5 Å². The van der Waals surface area contributed by atoms with Gasteiger partial charge in [-0.1, -0.05) is 26.0 Å². The Kier molecular flexibility index (Phi) is 4.65. The average molecular weight is 337 g/mol. The third-order valence-electron chi connectivity index (χ3n) is 4.19. The molecule has 0 aliphatic rings. The first kappa shape index (κ1) is 16.9. The molecule has 0 fully saturated rings.